The first-order chi connectivity index (χ1) is 14.0. The second-order valence-electron chi connectivity index (χ2n) is 7.10. The predicted octanol–water partition coefficient (Wildman–Crippen LogP) is 4.88. The molecule has 0 atom stereocenters. The molecule has 2 aromatic heterocycles. The molecule has 4 aromatic rings. The second-order valence-corrected chi connectivity index (χ2v) is 7.10. The molecule has 0 saturated heterocycles. The Balaban J connectivity index is 1.72. The summed E-state index contributed by atoms with van der Waals surface area (Å²) < 4.78 is 10.9. The summed E-state index contributed by atoms with van der Waals surface area (Å²) in [6.07, 6.45) is 0.723. The Bertz CT molecular complexity index is 1300. The lowest BCUT2D eigenvalue weighted by Gasteiger charge is -2.13. The number of pyridine rings is 1. The van der Waals surface area contributed by atoms with Gasteiger partial charge in [0.05, 0.1) is 11.1 Å². The smallest absolute Gasteiger partial charge is 0.339 e. The van der Waals surface area contributed by atoms with E-state index in [1.54, 1.807) is 6.07 Å². The van der Waals surface area contributed by atoms with Crippen molar-refractivity contribution in [2.24, 2.45) is 0 Å². The molecule has 0 unspecified atom stereocenters. The van der Waals surface area contributed by atoms with E-state index >= 15 is 0 Å². The van der Waals surface area contributed by atoms with Crippen LogP contribution in [0.5, 0.6) is 0 Å². The molecular weight excluding hydrogens is 366 g/mol. The van der Waals surface area contributed by atoms with Gasteiger partial charge in [0.25, 0.3) is 0 Å². The lowest BCUT2D eigenvalue weighted by molar-refractivity contribution is 0.0475. The highest BCUT2D eigenvalue weighted by Crippen LogP contribution is 2.25. The molecule has 2 aromatic carbocycles. The first-order valence-electron chi connectivity index (χ1n) is 9.56. The fourth-order valence-corrected chi connectivity index (χ4v) is 3.64. The Hall–Kier alpha value is -3.47. The van der Waals surface area contributed by atoms with Gasteiger partial charge in [0.1, 0.15) is 12.2 Å². The van der Waals surface area contributed by atoms with Crippen LogP contribution in [0.15, 0.2) is 57.7 Å². The van der Waals surface area contributed by atoms with Crippen LogP contribution < -0.4 is 5.63 Å². The zero-order valence-corrected chi connectivity index (χ0v) is 16.6. The van der Waals surface area contributed by atoms with Gasteiger partial charge in [-0.05, 0) is 43.5 Å². The molecule has 0 saturated carbocycles. The summed E-state index contributed by atoms with van der Waals surface area (Å²) in [5.74, 6) is -0.427. The summed E-state index contributed by atoms with van der Waals surface area (Å²) in [6, 6.07) is 14.5. The van der Waals surface area contributed by atoms with Crippen LogP contribution in [0.25, 0.3) is 21.9 Å². The number of rotatable bonds is 4. The highest BCUT2D eigenvalue weighted by Gasteiger charge is 2.19. The lowest BCUT2D eigenvalue weighted by atomic mass is 10.0. The first kappa shape index (κ1) is 18.9. The third-order valence-electron chi connectivity index (χ3n) is 5.12. The monoisotopic (exact) mass is 387 g/mol. The van der Waals surface area contributed by atoms with Crippen LogP contribution >= 0.6 is 0 Å². The van der Waals surface area contributed by atoms with E-state index in [0.29, 0.717) is 16.7 Å². The van der Waals surface area contributed by atoms with Crippen LogP contribution in [0.2, 0.25) is 0 Å². The molecule has 29 heavy (non-hydrogen) atoms. The number of nitrogens with zero attached hydrogens (tertiary/aromatic N) is 1. The first-order valence-corrected chi connectivity index (χ1v) is 9.56. The lowest BCUT2D eigenvalue weighted by Crippen LogP contribution is -2.12. The minimum atomic E-state index is -0.465. The quantitative estimate of drug-likeness (QED) is 0.369. The topological polar surface area (TPSA) is 69.4 Å². The summed E-state index contributed by atoms with van der Waals surface area (Å²) in [4.78, 5) is 29.6. The minimum Gasteiger partial charge on any atom is -0.457 e. The van der Waals surface area contributed by atoms with E-state index in [0.717, 1.165) is 39.5 Å². The summed E-state index contributed by atoms with van der Waals surface area (Å²) >= 11 is 0. The molecule has 0 amide bonds. The number of carbonyl (C=O) groups excluding carboxylic acids is 1. The number of aromatic nitrogens is 1. The molecule has 0 N–H and O–H groups in total. The molecular formula is C24H21NO4. The minimum absolute atomic E-state index is 0.0124. The highest BCUT2D eigenvalue weighted by atomic mass is 16.5. The van der Waals surface area contributed by atoms with Gasteiger partial charge in [-0.1, -0.05) is 37.3 Å². The molecule has 5 nitrogen and oxygen atoms in total. The standard InChI is InChI=1S/C24H21NO4/c1-4-19-15(3)23(18-7-5-6-8-20(18)25-19)24(27)28-13-16-12-22(26)29-21-11-14(2)9-10-17(16)21/h5-12H,4,13H2,1-3H3. The SMILES string of the molecule is CCc1nc2ccccc2c(C(=O)OCc2cc(=O)oc3cc(C)ccc23)c1C. The van der Waals surface area contributed by atoms with Gasteiger partial charge in [0.15, 0.2) is 0 Å². The van der Waals surface area contributed by atoms with Crippen molar-refractivity contribution >= 4 is 27.8 Å². The van der Waals surface area contributed by atoms with E-state index in [9.17, 15) is 9.59 Å². The largest absolute Gasteiger partial charge is 0.457 e. The zero-order valence-electron chi connectivity index (χ0n) is 16.6. The summed E-state index contributed by atoms with van der Waals surface area (Å²) in [5.41, 5.74) is 4.62. The number of para-hydroxylation sites is 1. The van der Waals surface area contributed by atoms with E-state index in [1.807, 2.05) is 57.2 Å². The van der Waals surface area contributed by atoms with Crippen LogP contribution in [-0.4, -0.2) is 11.0 Å². The number of aryl methyl sites for hydroxylation is 2. The fraction of sp³-hybridized carbons (Fsp3) is 0.208. The van der Waals surface area contributed by atoms with E-state index in [-0.39, 0.29) is 6.61 Å². The van der Waals surface area contributed by atoms with Gasteiger partial charge in [0, 0.05) is 28.1 Å². The van der Waals surface area contributed by atoms with Gasteiger partial charge in [0.2, 0.25) is 0 Å². The second kappa shape index (κ2) is 7.51. The molecule has 2 heterocycles. The average Bonchev–Trinajstić information content (AvgIpc) is 2.70. The molecule has 0 aliphatic carbocycles. The van der Waals surface area contributed by atoms with Crippen molar-refractivity contribution in [2.75, 3.05) is 0 Å². The third kappa shape index (κ3) is 3.51. The average molecular weight is 387 g/mol. The number of ether oxygens (including phenoxy) is 1. The van der Waals surface area contributed by atoms with Gasteiger partial charge < -0.3 is 9.15 Å². The third-order valence-corrected chi connectivity index (χ3v) is 5.12. The van der Waals surface area contributed by atoms with Crippen LogP contribution in [0, 0.1) is 13.8 Å². The van der Waals surface area contributed by atoms with E-state index in [1.165, 1.54) is 6.07 Å². The molecule has 146 valence electrons. The van der Waals surface area contributed by atoms with Gasteiger partial charge >= 0.3 is 11.6 Å². The number of hydrogen-bond donors (Lipinski definition) is 0. The molecule has 0 fully saturated rings. The maximum absolute atomic E-state index is 13.0. The fourth-order valence-electron chi connectivity index (χ4n) is 3.64. The van der Waals surface area contributed by atoms with Gasteiger partial charge in [-0.25, -0.2) is 9.59 Å². The van der Waals surface area contributed by atoms with Crippen molar-refractivity contribution in [3.63, 3.8) is 0 Å². The Labute approximate surface area is 168 Å². The maximum atomic E-state index is 13.0. The molecule has 0 aliphatic heterocycles. The number of benzene rings is 2. The Morgan fingerprint density at radius 1 is 1.07 bits per heavy atom. The zero-order chi connectivity index (χ0) is 20.5. The molecule has 4 rings (SSSR count). The van der Waals surface area contributed by atoms with Gasteiger partial charge in [-0.2, -0.15) is 0 Å². The van der Waals surface area contributed by atoms with Crippen molar-refractivity contribution in [1.29, 1.82) is 0 Å². The Kier molecular flexibility index (Phi) is 4.89. The Morgan fingerprint density at radius 2 is 1.86 bits per heavy atom. The summed E-state index contributed by atoms with van der Waals surface area (Å²) in [7, 11) is 0. The van der Waals surface area contributed by atoms with Gasteiger partial charge in [-0.3, -0.25) is 4.98 Å². The van der Waals surface area contributed by atoms with Crippen molar-refractivity contribution in [2.45, 2.75) is 33.8 Å². The summed E-state index contributed by atoms with van der Waals surface area (Å²) in [5, 5.41) is 1.52. The highest BCUT2D eigenvalue weighted by molar-refractivity contribution is 6.05. The van der Waals surface area contributed by atoms with Crippen LogP contribution in [0.4, 0.5) is 0 Å². The normalized spacial score (nSPS) is 11.1. The van der Waals surface area contributed by atoms with E-state index < -0.39 is 11.6 Å². The maximum Gasteiger partial charge on any atom is 0.339 e. The van der Waals surface area contributed by atoms with E-state index in [2.05, 4.69) is 4.98 Å². The van der Waals surface area contributed by atoms with Crippen molar-refractivity contribution in [3.8, 4) is 0 Å². The van der Waals surface area contributed by atoms with Gasteiger partial charge in [-0.15, -0.1) is 0 Å². The van der Waals surface area contributed by atoms with Crippen LogP contribution in [0.3, 0.4) is 0 Å². The Morgan fingerprint density at radius 3 is 2.66 bits per heavy atom. The van der Waals surface area contributed by atoms with E-state index in [4.69, 9.17) is 9.15 Å². The van der Waals surface area contributed by atoms with Crippen molar-refractivity contribution in [1.82, 2.24) is 4.98 Å². The number of hydrogen-bond acceptors (Lipinski definition) is 5. The number of fused-ring (bicyclic) bond motifs is 2. The summed E-state index contributed by atoms with van der Waals surface area (Å²) in [6.45, 7) is 5.82. The molecule has 0 aliphatic rings. The molecule has 0 radical (unpaired) electrons. The van der Waals surface area contributed by atoms with Crippen molar-refractivity contribution < 1.29 is 13.9 Å². The van der Waals surface area contributed by atoms with Crippen LogP contribution in [-0.2, 0) is 17.8 Å². The number of carbonyl (C=O) groups is 1. The van der Waals surface area contributed by atoms with Crippen LogP contribution in [0.1, 0.15) is 39.7 Å². The molecule has 0 spiro atoms. The molecule has 5 heteroatoms. The van der Waals surface area contributed by atoms with Crippen molar-refractivity contribution in [3.05, 3.63) is 86.9 Å². The molecule has 0 bridgehead atoms. The predicted molar refractivity (Wildman–Crippen MR) is 112 cm³/mol. The number of esters is 1.